The number of ether oxygens (including phenoxy) is 2. The minimum atomic E-state index is -0.754. The molecular weight excluding hydrogens is 398 g/mol. The van der Waals surface area contributed by atoms with Crippen LogP contribution >= 0.6 is 0 Å². The number of para-hydroxylation sites is 2. The first kappa shape index (κ1) is 21.5. The van der Waals surface area contributed by atoms with Gasteiger partial charge in [-0.3, -0.25) is 9.59 Å². The second kappa shape index (κ2) is 10.5. The second-order valence-corrected chi connectivity index (χ2v) is 6.44. The van der Waals surface area contributed by atoms with Gasteiger partial charge in [-0.25, -0.2) is 9.78 Å². The molecule has 8 nitrogen and oxygen atoms in total. The Morgan fingerprint density at radius 1 is 0.903 bits per heavy atom. The minimum absolute atomic E-state index is 0.0216. The first-order valence-corrected chi connectivity index (χ1v) is 9.53. The van der Waals surface area contributed by atoms with Crippen LogP contribution in [0.4, 0.5) is 5.69 Å². The molecule has 0 saturated heterocycles. The quantitative estimate of drug-likeness (QED) is 0.534. The number of benzene rings is 2. The molecule has 0 aliphatic carbocycles. The first-order chi connectivity index (χ1) is 15.0. The molecule has 0 saturated carbocycles. The number of esters is 1. The Hall–Kier alpha value is -4.20. The fourth-order valence-corrected chi connectivity index (χ4v) is 2.74. The van der Waals surface area contributed by atoms with Gasteiger partial charge in [-0.2, -0.15) is 0 Å². The number of pyridine rings is 1. The number of nitrogens with two attached hydrogens (primary N) is 1. The Kier molecular flexibility index (Phi) is 7.31. The highest BCUT2D eigenvalue weighted by molar-refractivity contribution is 5.98. The van der Waals surface area contributed by atoms with Crippen LogP contribution in [0.1, 0.15) is 16.8 Å². The number of anilines is 1. The van der Waals surface area contributed by atoms with E-state index >= 15 is 0 Å². The predicted molar refractivity (Wildman–Crippen MR) is 114 cm³/mol. The van der Waals surface area contributed by atoms with Crippen LogP contribution in [-0.4, -0.2) is 35.9 Å². The monoisotopic (exact) mass is 419 g/mol. The topological polar surface area (TPSA) is 112 Å². The molecule has 2 amide bonds. The third kappa shape index (κ3) is 6.14. The second-order valence-electron chi connectivity index (χ2n) is 6.44. The molecule has 2 N–H and O–H groups in total. The number of primary amides is 1. The van der Waals surface area contributed by atoms with Crippen molar-refractivity contribution in [1.29, 1.82) is 0 Å². The third-order valence-corrected chi connectivity index (χ3v) is 4.23. The maximum Gasteiger partial charge on any atom is 0.344 e. The van der Waals surface area contributed by atoms with Crippen molar-refractivity contribution in [2.24, 2.45) is 5.73 Å². The normalized spacial score (nSPS) is 10.2. The fourth-order valence-electron chi connectivity index (χ4n) is 2.74. The lowest BCUT2D eigenvalue weighted by Crippen LogP contribution is -2.37. The van der Waals surface area contributed by atoms with E-state index in [1.165, 1.54) is 17.2 Å². The average molecular weight is 419 g/mol. The zero-order valence-corrected chi connectivity index (χ0v) is 16.6. The van der Waals surface area contributed by atoms with E-state index in [1.54, 1.807) is 60.7 Å². The lowest BCUT2D eigenvalue weighted by molar-refractivity contribution is -0.121. The molecule has 0 spiro atoms. The van der Waals surface area contributed by atoms with Crippen molar-refractivity contribution in [2.75, 3.05) is 18.1 Å². The highest BCUT2D eigenvalue weighted by Crippen LogP contribution is 2.23. The van der Waals surface area contributed by atoms with Crippen LogP contribution in [0.2, 0.25) is 0 Å². The van der Waals surface area contributed by atoms with E-state index in [0.29, 0.717) is 11.4 Å². The summed E-state index contributed by atoms with van der Waals surface area (Å²) in [5, 5.41) is 0. The van der Waals surface area contributed by atoms with Crippen molar-refractivity contribution in [3.63, 3.8) is 0 Å². The van der Waals surface area contributed by atoms with Crippen molar-refractivity contribution < 1.29 is 23.9 Å². The summed E-state index contributed by atoms with van der Waals surface area (Å²) in [4.78, 5) is 41.9. The minimum Gasteiger partial charge on any atom is -0.452 e. The summed E-state index contributed by atoms with van der Waals surface area (Å²) in [6.45, 7) is -0.447. The summed E-state index contributed by atoms with van der Waals surface area (Å²) in [5.41, 5.74) is 5.87. The number of aromatic nitrogens is 1. The molecule has 0 unspecified atom stereocenters. The Bertz CT molecular complexity index is 1040. The molecule has 1 heterocycles. The van der Waals surface area contributed by atoms with Crippen LogP contribution in [0.15, 0.2) is 79.0 Å². The fraction of sp³-hybridized carbons (Fsp3) is 0.130. The molecule has 8 heteroatoms. The molecule has 2 aromatic carbocycles. The Morgan fingerprint density at radius 2 is 1.58 bits per heavy atom. The van der Waals surface area contributed by atoms with Gasteiger partial charge in [-0.15, -0.1) is 0 Å². The van der Waals surface area contributed by atoms with Crippen molar-refractivity contribution >= 4 is 23.5 Å². The van der Waals surface area contributed by atoms with E-state index in [-0.39, 0.29) is 24.4 Å². The van der Waals surface area contributed by atoms with Crippen molar-refractivity contribution in [1.82, 2.24) is 4.98 Å². The van der Waals surface area contributed by atoms with Gasteiger partial charge in [-0.1, -0.05) is 36.4 Å². The van der Waals surface area contributed by atoms with Crippen molar-refractivity contribution in [3.8, 4) is 11.6 Å². The summed E-state index contributed by atoms with van der Waals surface area (Å²) in [7, 11) is 0. The molecule has 0 atom stereocenters. The molecule has 31 heavy (non-hydrogen) atoms. The number of carbonyl (C=O) groups is 3. The number of rotatable bonds is 9. The summed E-state index contributed by atoms with van der Waals surface area (Å²) in [5.74, 6) is -1.21. The van der Waals surface area contributed by atoms with Crippen LogP contribution < -0.4 is 15.4 Å². The molecule has 1 aromatic heterocycles. The van der Waals surface area contributed by atoms with Crippen molar-refractivity contribution in [3.05, 3.63) is 84.6 Å². The van der Waals surface area contributed by atoms with Crippen LogP contribution in [0.3, 0.4) is 0 Å². The maximum absolute atomic E-state index is 12.7. The van der Waals surface area contributed by atoms with Crippen LogP contribution in [0.5, 0.6) is 11.6 Å². The van der Waals surface area contributed by atoms with E-state index < -0.39 is 24.4 Å². The lowest BCUT2D eigenvalue weighted by Gasteiger charge is -2.22. The van der Waals surface area contributed by atoms with E-state index in [4.69, 9.17) is 15.2 Å². The highest BCUT2D eigenvalue weighted by atomic mass is 16.5. The number of carbonyl (C=O) groups excluding carboxylic acids is 3. The van der Waals surface area contributed by atoms with Gasteiger partial charge in [0.1, 0.15) is 11.3 Å². The van der Waals surface area contributed by atoms with Crippen LogP contribution in [-0.2, 0) is 14.3 Å². The summed E-state index contributed by atoms with van der Waals surface area (Å²) in [6.07, 6.45) is 1.47. The molecule has 0 radical (unpaired) electrons. The van der Waals surface area contributed by atoms with E-state index in [2.05, 4.69) is 4.98 Å². The first-order valence-electron chi connectivity index (χ1n) is 9.53. The molecular formula is C23H21N3O5. The van der Waals surface area contributed by atoms with Gasteiger partial charge in [0.15, 0.2) is 6.61 Å². The van der Waals surface area contributed by atoms with Gasteiger partial charge in [0.2, 0.25) is 11.8 Å². The van der Waals surface area contributed by atoms with Gasteiger partial charge >= 0.3 is 5.97 Å². The van der Waals surface area contributed by atoms with E-state index in [0.717, 1.165) is 0 Å². The van der Waals surface area contributed by atoms with Crippen molar-refractivity contribution in [2.45, 2.75) is 6.42 Å². The number of amides is 2. The van der Waals surface area contributed by atoms with E-state index in [9.17, 15) is 14.4 Å². The van der Waals surface area contributed by atoms with Gasteiger partial charge in [-0.05, 0) is 36.4 Å². The third-order valence-electron chi connectivity index (χ3n) is 4.23. The van der Waals surface area contributed by atoms with Gasteiger partial charge in [0.05, 0.1) is 0 Å². The van der Waals surface area contributed by atoms with E-state index in [1.807, 2.05) is 6.07 Å². The summed E-state index contributed by atoms with van der Waals surface area (Å²) in [6, 6.07) is 20.7. The van der Waals surface area contributed by atoms with Crippen LogP contribution in [0.25, 0.3) is 0 Å². The zero-order valence-electron chi connectivity index (χ0n) is 16.6. The smallest absolute Gasteiger partial charge is 0.344 e. The lowest BCUT2D eigenvalue weighted by atomic mass is 10.2. The maximum atomic E-state index is 12.7. The Balaban J connectivity index is 1.69. The SMILES string of the molecule is NC(=O)CCN(C(=O)COC(=O)c1cccnc1Oc1ccccc1)c1ccccc1. The molecule has 3 aromatic rings. The molecule has 0 bridgehead atoms. The van der Waals surface area contributed by atoms with Gasteiger partial charge in [0.25, 0.3) is 5.91 Å². The number of hydrogen-bond donors (Lipinski definition) is 1. The molecule has 0 aliphatic rings. The largest absolute Gasteiger partial charge is 0.452 e. The number of nitrogens with zero attached hydrogens (tertiary/aromatic N) is 2. The average Bonchev–Trinajstić information content (AvgIpc) is 2.79. The van der Waals surface area contributed by atoms with Gasteiger partial charge in [0, 0.05) is 24.8 Å². The standard InChI is InChI=1S/C23H21N3O5/c24-20(27)13-15-26(17-8-3-1-4-9-17)21(28)16-30-23(29)19-12-7-14-25-22(19)31-18-10-5-2-6-11-18/h1-12,14H,13,15-16H2,(H2,24,27). The summed E-state index contributed by atoms with van der Waals surface area (Å²) < 4.78 is 10.9. The molecule has 0 fully saturated rings. The van der Waals surface area contributed by atoms with Crippen LogP contribution in [0, 0.1) is 0 Å². The molecule has 3 rings (SSSR count). The summed E-state index contributed by atoms with van der Waals surface area (Å²) >= 11 is 0. The molecule has 0 aliphatic heterocycles. The molecule has 158 valence electrons. The Labute approximate surface area is 179 Å². The highest BCUT2D eigenvalue weighted by Gasteiger charge is 2.21. The Morgan fingerprint density at radius 3 is 2.26 bits per heavy atom. The zero-order chi connectivity index (χ0) is 22.1. The number of hydrogen-bond acceptors (Lipinski definition) is 6. The predicted octanol–water partition coefficient (Wildman–Crippen LogP) is 2.94. The van der Waals surface area contributed by atoms with Gasteiger partial charge < -0.3 is 20.1 Å².